The molecule has 0 saturated heterocycles. The molecule has 0 aliphatic rings. The first kappa shape index (κ1) is 10.3. The SMILES string of the molecule is C#Cc1ccc(C(=O)NCCN)cc1. The number of nitrogens with one attached hydrogen (secondary N) is 1. The van der Waals surface area contributed by atoms with Crippen molar-refractivity contribution in [1.82, 2.24) is 5.32 Å². The predicted molar refractivity (Wildman–Crippen MR) is 55.8 cm³/mol. The van der Waals surface area contributed by atoms with Crippen LogP contribution in [0.1, 0.15) is 15.9 Å². The number of hydrogen-bond acceptors (Lipinski definition) is 2. The number of terminal acetylenes is 1. The number of rotatable bonds is 3. The highest BCUT2D eigenvalue weighted by atomic mass is 16.1. The van der Waals surface area contributed by atoms with Crippen LogP contribution in [0.4, 0.5) is 0 Å². The van der Waals surface area contributed by atoms with Gasteiger partial charge in [0.15, 0.2) is 0 Å². The summed E-state index contributed by atoms with van der Waals surface area (Å²) in [5, 5.41) is 2.67. The van der Waals surface area contributed by atoms with Gasteiger partial charge in [-0.3, -0.25) is 4.79 Å². The maximum absolute atomic E-state index is 11.4. The van der Waals surface area contributed by atoms with Crippen LogP contribution in [-0.4, -0.2) is 19.0 Å². The average Bonchev–Trinajstić information content (AvgIpc) is 2.26. The van der Waals surface area contributed by atoms with E-state index in [0.717, 1.165) is 5.56 Å². The molecular formula is C11H12N2O. The lowest BCUT2D eigenvalue weighted by Crippen LogP contribution is -2.28. The molecule has 3 nitrogen and oxygen atoms in total. The Morgan fingerprint density at radius 2 is 2.07 bits per heavy atom. The molecule has 0 unspecified atom stereocenters. The fourth-order valence-electron chi connectivity index (χ4n) is 1.01. The minimum absolute atomic E-state index is 0.126. The van der Waals surface area contributed by atoms with Crippen molar-refractivity contribution >= 4 is 5.91 Å². The van der Waals surface area contributed by atoms with Gasteiger partial charge in [0.05, 0.1) is 0 Å². The van der Waals surface area contributed by atoms with Crippen molar-refractivity contribution in [3.8, 4) is 12.3 Å². The molecule has 0 atom stereocenters. The highest BCUT2D eigenvalue weighted by Crippen LogP contribution is 2.02. The summed E-state index contributed by atoms with van der Waals surface area (Å²) in [6.45, 7) is 0.921. The molecule has 0 radical (unpaired) electrons. The predicted octanol–water partition coefficient (Wildman–Crippen LogP) is 0.356. The summed E-state index contributed by atoms with van der Waals surface area (Å²) in [6.07, 6.45) is 5.19. The first-order valence-electron chi connectivity index (χ1n) is 4.33. The lowest BCUT2D eigenvalue weighted by molar-refractivity contribution is 0.0955. The van der Waals surface area contributed by atoms with Gasteiger partial charge in [-0.2, -0.15) is 0 Å². The first-order valence-corrected chi connectivity index (χ1v) is 4.33. The van der Waals surface area contributed by atoms with Crippen molar-refractivity contribution in [3.63, 3.8) is 0 Å². The van der Waals surface area contributed by atoms with Crippen LogP contribution in [0, 0.1) is 12.3 Å². The van der Waals surface area contributed by atoms with Crippen LogP contribution in [0.15, 0.2) is 24.3 Å². The Labute approximate surface area is 83.3 Å². The van der Waals surface area contributed by atoms with Gasteiger partial charge in [0, 0.05) is 24.2 Å². The summed E-state index contributed by atoms with van der Waals surface area (Å²) in [5.41, 5.74) is 6.62. The Hall–Kier alpha value is -1.79. The molecule has 0 spiro atoms. The summed E-state index contributed by atoms with van der Waals surface area (Å²) < 4.78 is 0. The van der Waals surface area contributed by atoms with Crippen molar-refractivity contribution in [2.75, 3.05) is 13.1 Å². The number of benzene rings is 1. The molecule has 0 saturated carbocycles. The quantitative estimate of drug-likeness (QED) is 0.673. The van der Waals surface area contributed by atoms with E-state index in [-0.39, 0.29) is 5.91 Å². The van der Waals surface area contributed by atoms with Crippen LogP contribution in [0.2, 0.25) is 0 Å². The van der Waals surface area contributed by atoms with Gasteiger partial charge in [-0.1, -0.05) is 5.92 Å². The molecule has 14 heavy (non-hydrogen) atoms. The van der Waals surface area contributed by atoms with Crippen LogP contribution in [0.25, 0.3) is 0 Å². The summed E-state index contributed by atoms with van der Waals surface area (Å²) in [6, 6.07) is 6.86. The Bertz CT molecular complexity index is 349. The molecule has 1 aromatic carbocycles. The normalized spacial score (nSPS) is 9.14. The van der Waals surface area contributed by atoms with Gasteiger partial charge in [-0.25, -0.2) is 0 Å². The van der Waals surface area contributed by atoms with Crippen molar-refractivity contribution in [2.45, 2.75) is 0 Å². The monoisotopic (exact) mass is 188 g/mol. The molecule has 0 aliphatic heterocycles. The summed E-state index contributed by atoms with van der Waals surface area (Å²) in [5.74, 6) is 2.36. The zero-order valence-corrected chi connectivity index (χ0v) is 7.79. The molecule has 1 rings (SSSR count). The van der Waals surface area contributed by atoms with Crippen LogP contribution < -0.4 is 11.1 Å². The molecule has 1 amide bonds. The fraction of sp³-hybridized carbons (Fsp3) is 0.182. The molecule has 0 heterocycles. The number of carbonyl (C=O) groups is 1. The highest BCUT2D eigenvalue weighted by Gasteiger charge is 2.02. The van der Waals surface area contributed by atoms with E-state index in [4.69, 9.17) is 12.2 Å². The van der Waals surface area contributed by atoms with Gasteiger partial charge in [0.2, 0.25) is 0 Å². The third-order valence-corrected chi connectivity index (χ3v) is 1.74. The third kappa shape index (κ3) is 2.61. The van der Waals surface area contributed by atoms with Gasteiger partial charge in [0.1, 0.15) is 0 Å². The maximum atomic E-state index is 11.4. The number of hydrogen-bond donors (Lipinski definition) is 2. The van der Waals surface area contributed by atoms with Crippen LogP contribution in [0.5, 0.6) is 0 Å². The molecule has 0 bridgehead atoms. The molecule has 3 heteroatoms. The second-order valence-corrected chi connectivity index (χ2v) is 2.77. The van der Waals surface area contributed by atoms with E-state index in [2.05, 4.69) is 11.2 Å². The third-order valence-electron chi connectivity index (χ3n) is 1.74. The lowest BCUT2D eigenvalue weighted by atomic mass is 10.1. The van der Waals surface area contributed by atoms with Gasteiger partial charge in [0.25, 0.3) is 5.91 Å². The Kier molecular flexibility index (Phi) is 3.71. The largest absolute Gasteiger partial charge is 0.351 e. The topological polar surface area (TPSA) is 55.1 Å². The summed E-state index contributed by atoms with van der Waals surface area (Å²) >= 11 is 0. The van der Waals surface area contributed by atoms with Crippen molar-refractivity contribution in [2.24, 2.45) is 5.73 Å². The van der Waals surface area contributed by atoms with Gasteiger partial charge in [-0.15, -0.1) is 6.42 Å². The number of nitrogens with two attached hydrogens (primary N) is 1. The Balaban J connectivity index is 2.68. The second kappa shape index (κ2) is 5.05. The number of amides is 1. The minimum atomic E-state index is -0.126. The van der Waals surface area contributed by atoms with E-state index in [1.54, 1.807) is 24.3 Å². The number of carbonyl (C=O) groups excluding carboxylic acids is 1. The highest BCUT2D eigenvalue weighted by molar-refractivity contribution is 5.94. The molecule has 0 fully saturated rings. The molecule has 3 N–H and O–H groups in total. The summed E-state index contributed by atoms with van der Waals surface area (Å²) in [7, 11) is 0. The fourth-order valence-corrected chi connectivity index (χ4v) is 1.01. The van der Waals surface area contributed by atoms with Crippen molar-refractivity contribution in [1.29, 1.82) is 0 Å². The minimum Gasteiger partial charge on any atom is -0.351 e. The van der Waals surface area contributed by atoms with E-state index in [9.17, 15) is 4.79 Å². The van der Waals surface area contributed by atoms with Gasteiger partial charge >= 0.3 is 0 Å². The zero-order chi connectivity index (χ0) is 10.4. The summed E-state index contributed by atoms with van der Waals surface area (Å²) in [4.78, 5) is 11.4. The average molecular weight is 188 g/mol. The zero-order valence-electron chi connectivity index (χ0n) is 7.79. The van der Waals surface area contributed by atoms with E-state index < -0.39 is 0 Å². The molecule has 0 aliphatic carbocycles. The Morgan fingerprint density at radius 3 is 2.57 bits per heavy atom. The van der Waals surface area contributed by atoms with Crippen molar-refractivity contribution in [3.05, 3.63) is 35.4 Å². The molecule has 0 aromatic heterocycles. The molecule has 72 valence electrons. The Morgan fingerprint density at radius 1 is 1.43 bits per heavy atom. The maximum Gasteiger partial charge on any atom is 0.251 e. The van der Waals surface area contributed by atoms with Crippen molar-refractivity contribution < 1.29 is 4.79 Å². The smallest absolute Gasteiger partial charge is 0.251 e. The van der Waals surface area contributed by atoms with Crippen LogP contribution in [-0.2, 0) is 0 Å². The molecule has 1 aromatic rings. The lowest BCUT2D eigenvalue weighted by Gasteiger charge is -2.02. The van der Waals surface area contributed by atoms with Gasteiger partial charge < -0.3 is 11.1 Å². The van der Waals surface area contributed by atoms with E-state index in [0.29, 0.717) is 18.7 Å². The molecular weight excluding hydrogens is 176 g/mol. The second-order valence-electron chi connectivity index (χ2n) is 2.77. The van der Waals surface area contributed by atoms with E-state index in [1.807, 2.05) is 0 Å². The van der Waals surface area contributed by atoms with Gasteiger partial charge in [-0.05, 0) is 24.3 Å². The van der Waals surface area contributed by atoms with E-state index >= 15 is 0 Å². The van der Waals surface area contributed by atoms with Crippen LogP contribution >= 0.6 is 0 Å². The van der Waals surface area contributed by atoms with Crippen LogP contribution in [0.3, 0.4) is 0 Å². The standard InChI is InChI=1S/C11H12N2O/c1-2-9-3-5-10(6-4-9)11(14)13-8-7-12/h1,3-6H,7-8,12H2,(H,13,14). The first-order chi connectivity index (χ1) is 6.77. The van der Waals surface area contributed by atoms with E-state index in [1.165, 1.54) is 0 Å².